The Hall–Kier alpha value is -0.360. The molecule has 1 aromatic heterocycles. The van der Waals surface area contributed by atoms with Gasteiger partial charge >= 0.3 is 0 Å². The SMILES string of the molecule is CC(C)CNCc1cc(OCc2ccc(Br)s2)ccc1Br. The maximum atomic E-state index is 5.87. The average molecular weight is 433 g/mol. The second kappa shape index (κ2) is 8.32. The van der Waals surface area contributed by atoms with Gasteiger partial charge in [0.25, 0.3) is 0 Å². The second-order valence-electron chi connectivity index (χ2n) is 5.27. The van der Waals surface area contributed by atoms with Gasteiger partial charge in [-0.25, -0.2) is 0 Å². The minimum absolute atomic E-state index is 0.608. The summed E-state index contributed by atoms with van der Waals surface area (Å²) in [7, 11) is 0. The first-order valence-corrected chi connectivity index (χ1v) is 9.31. The minimum atomic E-state index is 0.608. The van der Waals surface area contributed by atoms with Gasteiger partial charge in [-0.15, -0.1) is 11.3 Å². The molecule has 2 rings (SSSR count). The zero-order valence-electron chi connectivity index (χ0n) is 12.2. The van der Waals surface area contributed by atoms with Gasteiger partial charge in [-0.3, -0.25) is 0 Å². The summed E-state index contributed by atoms with van der Waals surface area (Å²) in [6.45, 7) is 6.89. The molecule has 1 aromatic carbocycles. The van der Waals surface area contributed by atoms with Crippen molar-refractivity contribution < 1.29 is 4.74 Å². The summed E-state index contributed by atoms with van der Waals surface area (Å²) in [5, 5.41) is 3.46. The van der Waals surface area contributed by atoms with Gasteiger partial charge in [0.2, 0.25) is 0 Å². The van der Waals surface area contributed by atoms with Gasteiger partial charge in [-0.2, -0.15) is 0 Å². The number of ether oxygens (including phenoxy) is 1. The number of nitrogens with one attached hydrogen (secondary N) is 1. The van der Waals surface area contributed by atoms with Crippen LogP contribution >= 0.6 is 43.2 Å². The average Bonchev–Trinajstić information content (AvgIpc) is 2.85. The highest BCUT2D eigenvalue weighted by molar-refractivity contribution is 9.11. The zero-order chi connectivity index (χ0) is 15.2. The van der Waals surface area contributed by atoms with E-state index >= 15 is 0 Å². The van der Waals surface area contributed by atoms with E-state index < -0.39 is 0 Å². The number of hydrogen-bond acceptors (Lipinski definition) is 3. The van der Waals surface area contributed by atoms with Crippen molar-refractivity contribution in [3.63, 3.8) is 0 Å². The Kier molecular flexibility index (Phi) is 6.74. The van der Waals surface area contributed by atoms with Crippen LogP contribution in [0.5, 0.6) is 5.75 Å². The van der Waals surface area contributed by atoms with Crippen LogP contribution in [0, 0.1) is 5.92 Å². The fraction of sp³-hybridized carbons (Fsp3) is 0.375. The predicted octanol–water partition coefficient (Wildman–Crippen LogP) is 5.60. The van der Waals surface area contributed by atoms with E-state index in [0.29, 0.717) is 12.5 Å². The summed E-state index contributed by atoms with van der Waals surface area (Å²) in [4.78, 5) is 1.21. The molecule has 0 aliphatic heterocycles. The molecule has 114 valence electrons. The van der Waals surface area contributed by atoms with Crippen LogP contribution in [0.2, 0.25) is 0 Å². The Balaban J connectivity index is 1.94. The molecule has 0 saturated heterocycles. The number of thiophene rings is 1. The van der Waals surface area contributed by atoms with E-state index in [1.165, 1.54) is 10.4 Å². The van der Waals surface area contributed by atoms with Crippen LogP contribution in [0.25, 0.3) is 0 Å². The molecule has 1 N–H and O–H groups in total. The van der Waals surface area contributed by atoms with Crippen LogP contribution < -0.4 is 10.1 Å². The third-order valence-corrected chi connectivity index (χ3v) is 5.27. The van der Waals surface area contributed by atoms with E-state index in [1.54, 1.807) is 11.3 Å². The first-order valence-electron chi connectivity index (χ1n) is 6.90. The Labute approximate surface area is 147 Å². The smallest absolute Gasteiger partial charge is 0.122 e. The zero-order valence-corrected chi connectivity index (χ0v) is 16.1. The van der Waals surface area contributed by atoms with Gasteiger partial charge in [0.1, 0.15) is 12.4 Å². The lowest BCUT2D eigenvalue weighted by Gasteiger charge is -2.11. The number of halogens is 2. The molecule has 0 fully saturated rings. The molecule has 0 atom stereocenters. The van der Waals surface area contributed by atoms with Crippen LogP contribution in [0.3, 0.4) is 0 Å². The van der Waals surface area contributed by atoms with E-state index in [2.05, 4.69) is 63.2 Å². The van der Waals surface area contributed by atoms with Crippen LogP contribution in [0.15, 0.2) is 38.6 Å². The minimum Gasteiger partial charge on any atom is -0.488 e. The van der Waals surface area contributed by atoms with E-state index in [1.807, 2.05) is 18.2 Å². The summed E-state index contributed by atoms with van der Waals surface area (Å²) >= 11 is 8.77. The van der Waals surface area contributed by atoms with Crippen molar-refractivity contribution in [2.45, 2.75) is 27.0 Å². The van der Waals surface area contributed by atoms with Crippen molar-refractivity contribution >= 4 is 43.2 Å². The van der Waals surface area contributed by atoms with Gasteiger partial charge < -0.3 is 10.1 Å². The van der Waals surface area contributed by atoms with E-state index in [9.17, 15) is 0 Å². The molecule has 0 amide bonds. The first kappa shape index (κ1) is 17.0. The second-order valence-corrected chi connectivity index (χ2v) is 8.67. The highest BCUT2D eigenvalue weighted by atomic mass is 79.9. The monoisotopic (exact) mass is 431 g/mol. The molecule has 0 spiro atoms. The molecular formula is C16H19Br2NOS. The summed E-state index contributed by atoms with van der Waals surface area (Å²) in [5.74, 6) is 1.56. The molecule has 2 aromatic rings. The van der Waals surface area contributed by atoms with Crippen molar-refractivity contribution in [3.8, 4) is 5.75 Å². The quantitative estimate of drug-likeness (QED) is 0.614. The molecule has 2 nitrogen and oxygen atoms in total. The lowest BCUT2D eigenvalue weighted by Crippen LogP contribution is -2.19. The Morgan fingerprint density at radius 3 is 2.67 bits per heavy atom. The maximum Gasteiger partial charge on any atom is 0.122 e. The molecule has 1 heterocycles. The van der Waals surface area contributed by atoms with Crippen LogP contribution in [0.4, 0.5) is 0 Å². The number of hydrogen-bond donors (Lipinski definition) is 1. The fourth-order valence-electron chi connectivity index (χ4n) is 1.86. The first-order chi connectivity index (χ1) is 10.0. The summed E-state index contributed by atoms with van der Waals surface area (Å²) in [6.07, 6.45) is 0. The third-order valence-electron chi connectivity index (χ3n) is 2.90. The molecule has 21 heavy (non-hydrogen) atoms. The van der Waals surface area contributed by atoms with Gasteiger partial charge in [-0.05, 0) is 64.3 Å². The van der Waals surface area contributed by atoms with E-state index in [-0.39, 0.29) is 0 Å². The maximum absolute atomic E-state index is 5.87. The largest absolute Gasteiger partial charge is 0.488 e. The molecule has 0 unspecified atom stereocenters. The Morgan fingerprint density at radius 2 is 2.00 bits per heavy atom. The predicted molar refractivity (Wildman–Crippen MR) is 97.0 cm³/mol. The summed E-state index contributed by atoms with van der Waals surface area (Å²) in [5.41, 5.74) is 1.22. The van der Waals surface area contributed by atoms with Crippen molar-refractivity contribution in [1.29, 1.82) is 0 Å². The van der Waals surface area contributed by atoms with Crippen LogP contribution in [-0.2, 0) is 13.2 Å². The van der Waals surface area contributed by atoms with E-state index in [4.69, 9.17) is 4.74 Å². The molecule has 0 bridgehead atoms. The molecule has 0 aliphatic rings. The summed E-state index contributed by atoms with van der Waals surface area (Å²) < 4.78 is 8.12. The lowest BCUT2D eigenvalue weighted by molar-refractivity contribution is 0.309. The number of rotatable bonds is 7. The van der Waals surface area contributed by atoms with Gasteiger partial charge in [0, 0.05) is 15.9 Å². The molecule has 5 heteroatoms. The van der Waals surface area contributed by atoms with Crippen molar-refractivity contribution in [2.75, 3.05) is 6.54 Å². The topological polar surface area (TPSA) is 21.3 Å². The van der Waals surface area contributed by atoms with Gasteiger partial charge in [0.15, 0.2) is 0 Å². The molecule has 0 saturated carbocycles. The standard InChI is InChI=1S/C16H19Br2NOS/c1-11(2)8-19-9-12-7-13(3-5-15(12)17)20-10-14-4-6-16(18)21-14/h3-7,11,19H,8-10H2,1-2H3. The van der Waals surface area contributed by atoms with Crippen molar-refractivity contribution in [1.82, 2.24) is 5.32 Å². The van der Waals surface area contributed by atoms with Gasteiger partial charge in [-0.1, -0.05) is 29.8 Å². The molecule has 0 aliphatic carbocycles. The van der Waals surface area contributed by atoms with Crippen molar-refractivity contribution in [2.24, 2.45) is 5.92 Å². The summed E-state index contributed by atoms with van der Waals surface area (Å²) in [6, 6.07) is 10.3. The van der Waals surface area contributed by atoms with Crippen LogP contribution in [-0.4, -0.2) is 6.54 Å². The normalized spacial score (nSPS) is 11.1. The highest BCUT2D eigenvalue weighted by Gasteiger charge is 2.05. The number of benzene rings is 1. The molecule has 0 radical (unpaired) electrons. The Bertz CT molecular complexity index is 583. The molecular weight excluding hydrogens is 414 g/mol. The van der Waals surface area contributed by atoms with Crippen LogP contribution in [0.1, 0.15) is 24.3 Å². The van der Waals surface area contributed by atoms with Gasteiger partial charge in [0.05, 0.1) is 3.79 Å². The van der Waals surface area contributed by atoms with E-state index in [0.717, 1.165) is 27.1 Å². The third kappa shape index (κ3) is 5.74. The highest BCUT2D eigenvalue weighted by Crippen LogP contribution is 2.26. The fourth-order valence-corrected chi connectivity index (χ4v) is 3.64. The Morgan fingerprint density at radius 1 is 1.19 bits per heavy atom. The van der Waals surface area contributed by atoms with Crippen molar-refractivity contribution in [3.05, 3.63) is 49.0 Å². The lowest BCUT2D eigenvalue weighted by atomic mass is 10.2.